The molecule has 0 spiro atoms. The van der Waals surface area contributed by atoms with Crippen LogP contribution < -0.4 is 10.6 Å². The van der Waals surface area contributed by atoms with E-state index < -0.39 is 0 Å². The van der Waals surface area contributed by atoms with Crippen molar-refractivity contribution in [3.8, 4) is 6.07 Å². The van der Waals surface area contributed by atoms with Crippen LogP contribution in [0.2, 0.25) is 0 Å². The van der Waals surface area contributed by atoms with Gasteiger partial charge in [0.05, 0.1) is 11.6 Å². The molecular formula is C19H15N5O. The van der Waals surface area contributed by atoms with Crippen LogP contribution in [0.4, 0.5) is 23.0 Å². The molecule has 6 nitrogen and oxygen atoms in total. The van der Waals surface area contributed by atoms with Gasteiger partial charge in [-0.05, 0) is 55.5 Å². The Hall–Kier alpha value is -3.72. The lowest BCUT2D eigenvalue weighted by atomic mass is 10.1. The van der Waals surface area contributed by atoms with E-state index in [1.165, 1.54) is 13.3 Å². The first-order valence-corrected chi connectivity index (χ1v) is 7.61. The van der Waals surface area contributed by atoms with E-state index >= 15 is 0 Å². The second-order valence-electron chi connectivity index (χ2n) is 5.36. The number of hydrogen-bond acceptors (Lipinski definition) is 6. The summed E-state index contributed by atoms with van der Waals surface area (Å²) in [4.78, 5) is 19.7. The van der Waals surface area contributed by atoms with Crippen LogP contribution in [0.25, 0.3) is 0 Å². The molecular weight excluding hydrogens is 314 g/mol. The minimum atomic E-state index is 0.0301. The van der Waals surface area contributed by atoms with Gasteiger partial charge in [0.25, 0.3) is 0 Å². The molecule has 0 aliphatic heterocycles. The average molecular weight is 329 g/mol. The number of nitriles is 1. The molecule has 1 aromatic heterocycles. The molecule has 0 saturated heterocycles. The Bertz CT molecular complexity index is 927. The van der Waals surface area contributed by atoms with Crippen LogP contribution >= 0.6 is 0 Å². The van der Waals surface area contributed by atoms with Crippen molar-refractivity contribution in [3.05, 3.63) is 72.1 Å². The van der Waals surface area contributed by atoms with Gasteiger partial charge in [-0.3, -0.25) is 4.79 Å². The van der Waals surface area contributed by atoms with Gasteiger partial charge < -0.3 is 10.6 Å². The summed E-state index contributed by atoms with van der Waals surface area (Å²) in [6, 6.07) is 18.1. The Morgan fingerprint density at radius 3 is 1.92 bits per heavy atom. The van der Waals surface area contributed by atoms with Crippen molar-refractivity contribution < 1.29 is 4.79 Å². The number of benzene rings is 2. The molecule has 0 aliphatic rings. The lowest BCUT2D eigenvalue weighted by molar-refractivity contribution is 0.101. The predicted octanol–water partition coefficient (Wildman–Crippen LogP) is 4.04. The van der Waals surface area contributed by atoms with Gasteiger partial charge >= 0.3 is 0 Å². The Morgan fingerprint density at radius 2 is 1.44 bits per heavy atom. The molecule has 0 fully saturated rings. The van der Waals surface area contributed by atoms with Crippen LogP contribution in [0.3, 0.4) is 0 Å². The molecule has 0 aliphatic carbocycles. The zero-order valence-electron chi connectivity index (χ0n) is 13.5. The average Bonchev–Trinajstić information content (AvgIpc) is 2.63. The standard InChI is InChI=1S/C19H15N5O/c1-13(25)15-4-8-17(9-5-15)24-19-10-18(21-12-22-19)23-16-6-2-14(11-20)3-7-16/h2-10,12H,1H3,(H2,21,22,23,24). The Balaban J connectivity index is 1.72. The first kappa shape index (κ1) is 16.1. The van der Waals surface area contributed by atoms with Crippen molar-refractivity contribution in [2.75, 3.05) is 10.6 Å². The number of nitrogens with one attached hydrogen (secondary N) is 2. The number of nitrogens with zero attached hydrogens (tertiary/aromatic N) is 3. The predicted molar refractivity (Wildman–Crippen MR) is 96.2 cm³/mol. The molecule has 3 rings (SSSR count). The van der Waals surface area contributed by atoms with Gasteiger partial charge in [-0.1, -0.05) is 0 Å². The van der Waals surface area contributed by atoms with Crippen molar-refractivity contribution in [1.82, 2.24) is 9.97 Å². The highest BCUT2D eigenvalue weighted by Crippen LogP contribution is 2.20. The topological polar surface area (TPSA) is 90.7 Å². The summed E-state index contributed by atoms with van der Waals surface area (Å²) in [5, 5.41) is 15.2. The fourth-order valence-electron chi connectivity index (χ4n) is 2.21. The quantitative estimate of drug-likeness (QED) is 0.687. The van der Waals surface area contributed by atoms with Crippen LogP contribution in [0.1, 0.15) is 22.8 Å². The van der Waals surface area contributed by atoms with Gasteiger partial charge in [0.15, 0.2) is 5.78 Å². The monoisotopic (exact) mass is 329 g/mol. The second-order valence-corrected chi connectivity index (χ2v) is 5.36. The highest BCUT2D eigenvalue weighted by atomic mass is 16.1. The van der Waals surface area contributed by atoms with Crippen molar-refractivity contribution in [3.63, 3.8) is 0 Å². The third-order valence-electron chi connectivity index (χ3n) is 3.52. The summed E-state index contributed by atoms with van der Waals surface area (Å²) in [7, 11) is 0. The summed E-state index contributed by atoms with van der Waals surface area (Å²) in [5.41, 5.74) is 2.92. The molecule has 2 aromatic carbocycles. The zero-order chi connectivity index (χ0) is 17.6. The molecule has 122 valence electrons. The van der Waals surface area contributed by atoms with E-state index in [0.29, 0.717) is 22.8 Å². The maximum atomic E-state index is 11.3. The molecule has 6 heteroatoms. The number of rotatable bonds is 5. The highest BCUT2D eigenvalue weighted by Gasteiger charge is 2.03. The summed E-state index contributed by atoms with van der Waals surface area (Å²) in [6.45, 7) is 1.54. The van der Waals surface area contributed by atoms with Crippen molar-refractivity contribution >= 4 is 28.8 Å². The van der Waals surface area contributed by atoms with Gasteiger partial charge in [0.2, 0.25) is 0 Å². The Labute approximate surface area is 145 Å². The number of anilines is 4. The maximum absolute atomic E-state index is 11.3. The number of Topliss-reactive ketones (excluding diaryl/α,β-unsaturated/α-hetero) is 1. The molecule has 0 amide bonds. The zero-order valence-corrected chi connectivity index (χ0v) is 13.5. The molecule has 0 saturated carbocycles. The smallest absolute Gasteiger partial charge is 0.159 e. The molecule has 0 unspecified atom stereocenters. The summed E-state index contributed by atoms with van der Waals surface area (Å²) < 4.78 is 0. The van der Waals surface area contributed by atoms with E-state index in [9.17, 15) is 4.79 Å². The van der Waals surface area contributed by atoms with Crippen LogP contribution in [-0.4, -0.2) is 15.8 Å². The molecule has 25 heavy (non-hydrogen) atoms. The third kappa shape index (κ3) is 4.18. The first-order valence-electron chi connectivity index (χ1n) is 7.61. The lowest BCUT2D eigenvalue weighted by Gasteiger charge is -2.09. The number of hydrogen-bond donors (Lipinski definition) is 2. The normalized spacial score (nSPS) is 9.92. The summed E-state index contributed by atoms with van der Waals surface area (Å²) in [6.07, 6.45) is 1.46. The summed E-state index contributed by atoms with van der Waals surface area (Å²) in [5.74, 6) is 1.28. The van der Waals surface area contributed by atoms with E-state index in [2.05, 4.69) is 26.7 Å². The third-order valence-corrected chi connectivity index (χ3v) is 3.52. The van der Waals surface area contributed by atoms with Crippen LogP contribution in [0.15, 0.2) is 60.9 Å². The Kier molecular flexibility index (Phi) is 4.67. The number of carbonyl (C=O) groups is 1. The molecule has 0 atom stereocenters. The minimum Gasteiger partial charge on any atom is -0.340 e. The lowest BCUT2D eigenvalue weighted by Crippen LogP contribution is -1.99. The summed E-state index contributed by atoms with van der Waals surface area (Å²) >= 11 is 0. The second kappa shape index (κ2) is 7.23. The fraction of sp³-hybridized carbons (Fsp3) is 0.0526. The van der Waals surface area contributed by atoms with Crippen molar-refractivity contribution in [2.45, 2.75) is 6.92 Å². The highest BCUT2D eigenvalue weighted by molar-refractivity contribution is 5.94. The van der Waals surface area contributed by atoms with E-state index in [0.717, 1.165) is 11.4 Å². The molecule has 0 bridgehead atoms. The largest absolute Gasteiger partial charge is 0.340 e. The molecule has 2 N–H and O–H groups in total. The van der Waals surface area contributed by atoms with Gasteiger partial charge in [-0.15, -0.1) is 0 Å². The molecule has 1 heterocycles. The van der Waals surface area contributed by atoms with Gasteiger partial charge in [-0.2, -0.15) is 5.26 Å². The first-order chi connectivity index (χ1) is 12.1. The van der Waals surface area contributed by atoms with Crippen molar-refractivity contribution in [2.24, 2.45) is 0 Å². The van der Waals surface area contributed by atoms with E-state index in [1.54, 1.807) is 30.3 Å². The minimum absolute atomic E-state index is 0.0301. The van der Waals surface area contributed by atoms with Crippen molar-refractivity contribution in [1.29, 1.82) is 5.26 Å². The number of carbonyl (C=O) groups excluding carboxylic acids is 1. The maximum Gasteiger partial charge on any atom is 0.159 e. The number of aromatic nitrogens is 2. The van der Waals surface area contributed by atoms with Gasteiger partial charge in [0.1, 0.15) is 18.0 Å². The van der Waals surface area contributed by atoms with E-state index in [4.69, 9.17) is 5.26 Å². The molecule has 3 aromatic rings. The van der Waals surface area contributed by atoms with Gasteiger partial charge in [0, 0.05) is 23.0 Å². The number of ketones is 1. The van der Waals surface area contributed by atoms with Crippen LogP contribution in [0.5, 0.6) is 0 Å². The fourth-order valence-corrected chi connectivity index (χ4v) is 2.21. The van der Waals surface area contributed by atoms with Crippen LogP contribution in [0, 0.1) is 11.3 Å². The molecule has 0 radical (unpaired) electrons. The van der Waals surface area contributed by atoms with Crippen LogP contribution in [-0.2, 0) is 0 Å². The SMILES string of the molecule is CC(=O)c1ccc(Nc2cc(Nc3ccc(C#N)cc3)ncn2)cc1. The van der Waals surface area contributed by atoms with E-state index in [-0.39, 0.29) is 5.78 Å². The van der Waals surface area contributed by atoms with E-state index in [1.807, 2.05) is 24.3 Å². The Morgan fingerprint density at radius 1 is 0.920 bits per heavy atom. The van der Waals surface area contributed by atoms with Gasteiger partial charge in [-0.25, -0.2) is 9.97 Å².